The van der Waals surface area contributed by atoms with Crippen LogP contribution in [-0.4, -0.2) is 47.0 Å². The molecule has 1 fully saturated rings. The van der Waals surface area contributed by atoms with E-state index >= 15 is 0 Å². The Hall–Kier alpha value is -1.62. The third-order valence-electron chi connectivity index (χ3n) is 3.64. The average molecular weight is 291 g/mol. The molecular formula is C15H21N3OS. The van der Waals surface area contributed by atoms with Crippen LogP contribution in [-0.2, 0) is 4.79 Å². The van der Waals surface area contributed by atoms with Gasteiger partial charge < -0.3 is 15.1 Å². The smallest absolute Gasteiger partial charge is 0.219 e. The molecule has 1 saturated heterocycles. The quantitative estimate of drug-likeness (QED) is 0.804. The Morgan fingerprint density at radius 3 is 2.30 bits per heavy atom. The van der Waals surface area contributed by atoms with Crippen LogP contribution < -0.4 is 5.32 Å². The van der Waals surface area contributed by atoms with Gasteiger partial charge in [-0.3, -0.25) is 4.79 Å². The summed E-state index contributed by atoms with van der Waals surface area (Å²) in [6, 6.07) is 6.27. The first-order valence-electron chi connectivity index (χ1n) is 6.86. The average Bonchev–Trinajstić information content (AvgIpc) is 2.42. The van der Waals surface area contributed by atoms with Gasteiger partial charge in [-0.1, -0.05) is 17.7 Å². The fraction of sp³-hybridized carbons (Fsp3) is 0.467. The summed E-state index contributed by atoms with van der Waals surface area (Å²) in [7, 11) is 0. The van der Waals surface area contributed by atoms with Crippen molar-refractivity contribution in [2.24, 2.45) is 0 Å². The summed E-state index contributed by atoms with van der Waals surface area (Å²) in [6.07, 6.45) is 0. The first-order chi connectivity index (χ1) is 9.47. The van der Waals surface area contributed by atoms with E-state index in [-0.39, 0.29) is 5.91 Å². The number of carbonyl (C=O) groups is 1. The first-order valence-corrected chi connectivity index (χ1v) is 7.27. The molecule has 0 saturated carbocycles. The lowest BCUT2D eigenvalue weighted by Gasteiger charge is -2.35. The second-order valence-electron chi connectivity index (χ2n) is 5.24. The van der Waals surface area contributed by atoms with Crippen molar-refractivity contribution in [1.29, 1.82) is 0 Å². The van der Waals surface area contributed by atoms with E-state index in [4.69, 9.17) is 12.2 Å². The molecule has 1 aromatic carbocycles. The molecule has 1 amide bonds. The number of carbonyl (C=O) groups excluding carboxylic acids is 1. The van der Waals surface area contributed by atoms with Gasteiger partial charge in [-0.05, 0) is 37.7 Å². The third kappa shape index (κ3) is 3.48. The van der Waals surface area contributed by atoms with Gasteiger partial charge in [-0.2, -0.15) is 0 Å². The molecule has 20 heavy (non-hydrogen) atoms. The first kappa shape index (κ1) is 14.8. The van der Waals surface area contributed by atoms with E-state index in [0.29, 0.717) is 0 Å². The predicted octanol–water partition coefficient (Wildman–Crippen LogP) is 2.16. The summed E-state index contributed by atoms with van der Waals surface area (Å²) in [6.45, 7) is 8.82. The van der Waals surface area contributed by atoms with E-state index < -0.39 is 0 Å². The van der Waals surface area contributed by atoms with Crippen LogP contribution in [0, 0.1) is 13.8 Å². The predicted molar refractivity (Wildman–Crippen MR) is 86.0 cm³/mol. The van der Waals surface area contributed by atoms with Crippen LogP contribution in [0.5, 0.6) is 0 Å². The van der Waals surface area contributed by atoms with E-state index in [9.17, 15) is 4.79 Å². The Morgan fingerprint density at radius 2 is 1.75 bits per heavy atom. The number of hydrogen-bond donors (Lipinski definition) is 1. The second-order valence-corrected chi connectivity index (χ2v) is 5.63. The van der Waals surface area contributed by atoms with Crippen LogP contribution in [0.15, 0.2) is 18.2 Å². The van der Waals surface area contributed by atoms with Crippen molar-refractivity contribution < 1.29 is 4.79 Å². The number of aryl methyl sites for hydroxylation is 2. The normalized spacial score (nSPS) is 15.2. The lowest BCUT2D eigenvalue weighted by atomic mass is 10.1. The van der Waals surface area contributed by atoms with Crippen LogP contribution in [0.4, 0.5) is 5.69 Å². The summed E-state index contributed by atoms with van der Waals surface area (Å²) in [4.78, 5) is 15.3. The molecule has 108 valence electrons. The van der Waals surface area contributed by atoms with Crippen molar-refractivity contribution >= 4 is 28.9 Å². The lowest BCUT2D eigenvalue weighted by molar-refractivity contribution is -0.130. The Balaban J connectivity index is 1.94. The molecule has 2 rings (SSSR count). The number of benzene rings is 1. The van der Waals surface area contributed by atoms with Crippen molar-refractivity contribution in [1.82, 2.24) is 9.80 Å². The molecule has 1 aliphatic heterocycles. The minimum absolute atomic E-state index is 0.137. The molecule has 1 N–H and O–H groups in total. The highest BCUT2D eigenvalue weighted by Crippen LogP contribution is 2.17. The molecule has 0 aliphatic carbocycles. The SMILES string of the molecule is CC(=O)N1CCN(C(=S)Nc2ccc(C)cc2C)CC1. The maximum absolute atomic E-state index is 11.3. The minimum Gasteiger partial charge on any atom is -0.345 e. The molecule has 4 nitrogen and oxygen atoms in total. The van der Waals surface area contributed by atoms with Gasteiger partial charge in [-0.25, -0.2) is 0 Å². The van der Waals surface area contributed by atoms with Crippen molar-refractivity contribution in [3.8, 4) is 0 Å². The number of nitrogens with zero attached hydrogens (tertiary/aromatic N) is 2. The largest absolute Gasteiger partial charge is 0.345 e. The zero-order chi connectivity index (χ0) is 14.7. The van der Waals surface area contributed by atoms with Crippen LogP contribution in [0.1, 0.15) is 18.1 Å². The molecule has 0 radical (unpaired) electrons. The van der Waals surface area contributed by atoms with Crippen LogP contribution in [0.3, 0.4) is 0 Å². The van der Waals surface area contributed by atoms with Gasteiger partial charge in [0.05, 0.1) is 0 Å². The Bertz CT molecular complexity index is 522. The fourth-order valence-corrected chi connectivity index (χ4v) is 2.67. The van der Waals surface area contributed by atoms with E-state index in [2.05, 4.69) is 42.3 Å². The molecule has 0 spiro atoms. The van der Waals surface area contributed by atoms with Gasteiger partial charge in [0.1, 0.15) is 0 Å². The number of thiocarbonyl (C=S) groups is 1. The summed E-state index contributed by atoms with van der Waals surface area (Å²) in [5, 5.41) is 4.04. The highest BCUT2D eigenvalue weighted by atomic mass is 32.1. The highest BCUT2D eigenvalue weighted by Gasteiger charge is 2.20. The number of anilines is 1. The van der Waals surface area contributed by atoms with Crippen molar-refractivity contribution in [3.05, 3.63) is 29.3 Å². The van der Waals surface area contributed by atoms with Gasteiger partial charge in [0.15, 0.2) is 5.11 Å². The van der Waals surface area contributed by atoms with E-state index in [1.165, 1.54) is 11.1 Å². The topological polar surface area (TPSA) is 35.6 Å². The van der Waals surface area contributed by atoms with E-state index in [1.54, 1.807) is 6.92 Å². The Labute approximate surface area is 125 Å². The molecule has 0 bridgehead atoms. The minimum atomic E-state index is 0.137. The maximum Gasteiger partial charge on any atom is 0.219 e. The van der Waals surface area contributed by atoms with Gasteiger partial charge >= 0.3 is 0 Å². The highest BCUT2D eigenvalue weighted by molar-refractivity contribution is 7.80. The van der Waals surface area contributed by atoms with Gasteiger partial charge in [0, 0.05) is 38.8 Å². The number of rotatable bonds is 1. The Morgan fingerprint density at radius 1 is 1.15 bits per heavy atom. The van der Waals surface area contributed by atoms with E-state index in [1.807, 2.05) is 4.90 Å². The van der Waals surface area contributed by atoms with Crippen LogP contribution in [0.2, 0.25) is 0 Å². The third-order valence-corrected chi connectivity index (χ3v) is 4.00. The number of piperazine rings is 1. The van der Waals surface area contributed by atoms with Crippen LogP contribution in [0.25, 0.3) is 0 Å². The molecular weight excluding hydrogens is 270 g/mol. The van der Waals surface area contributed by atoms with E-state index in [0.717, 1.165) is 37.0 Å². The molecule has 1 aliphatic rings. The van der Waals surface area contributed by atoms with Crippen molar-refractivity contribution in [2.75, 3.05) is 31.5 Å². The summed E-state index contributed by atoms with van der Waals surface area (Å²) in [5.41, 5.74) is 3.48. The molecule has 0 unspecified atom stereocenters. The summed E-state index contributed by atoms with van der Waals surface area (Å²) >= 11 is 5.46. The van der Waals surface area contributed by atoms with Gasteiger partial charge in [0.25, 0.3) is 0 Å². The molecule has 0 atom stereocenters. The van der Waals surface area contributed by atoms with Crippen molar-refractivity contribution in [3.63, 3.8) is 0 Å². The van der Waals surface area contributed by atoms with Gasteiger partial charge in [-0.15, -0.1) is 0 Å². The molecule has 1 aromatic rings. The summed E-state index contributed by atoms with van der Waals surface area (Å²) in [5.74, 6) is 0.137. The summed E-state index contributed by atoms with van der Waals surface area (Å²) < 4.78 is 0. The number of hydrogen-bond acceptors (Lipinski definition) is 2. The maximum atomic E-state index is 11.3. The number of amides is 1. The number of nitrogens with one attached hydrogen (secondary N) is 1. The van der Waals surface area contributed by atoms with Gasteiger partial charge in [0.2, 0.25) is 5.91 Å². The Kier molecular flexibility index (Phi) is 4.60. The fourth-order valence-electron chi connectivity index (χ4n) is 2.37. The molecule has 0 aromatic heterocycles. The van der Waals surface area contributed by atoms with Crippen LogP contribution >= 0.6 is 12.2 Å². The standard InChI is InChI=1S/C15H21N3OS/c1-11-4-5-14(12(2)10-11)16-15(20)18-8-6-17(7-9-18)13(3)19/h4-5,10H,6-9H2,1-3H3,(H,16,20). The molecule has 1 heterocycles. The second kappa shape index (κ2) is 6.22. The lowest BCUT2D eigenvalue weighted by Crippen LogP contribution is -2.51. The zero-order valence-electron chi connectivity index (χ0n) is 12.3. The van der Waals surface area contributed by atoms with Crippen molar-refractivity contribution in [2.45, 2.75) is 20.8 Å². The molecule has 5 heteroatoms. The zero-order valence-corrected chi connectivity index (χ0v) is 13.1. The monoisotopic (exact) mass is 291 g/mol.